The van der Waals surface area contributed by atoms with Gasteiger partial charge in [0.25, 0.3) is 0 Å². The molecule has 2 fully saturated rings. The van der Waals surface area contributed by atoms with Gasteiger partial charge in [-0.25, -0.2) is 0 Å². The Morgan fingerprint density at radius 3 is 2.81 bits per heavy atom. The molecule has 2 rings (SSSR count). The predicted molar refractivity (Wildman–Crippen MR) is 66.4 cm³/mol. The third-order valence-corrected chi connectivity index (χ3v) is 4.03. The number of nitrogens with two attached hydrogens (primary N) is 1. The van der Waals surface area contributed by atoms with Crippen molar-refractivity contribution in [1.82, 2.24) is 4.90 Å². The summed E-state index contributed by atoms with van der Waals surface area (Å²) in [5.74, 6) is 0. The van der Waals surface area contributed by atoms with E-state index in [4.69, 9.17) is 10.5 Å². The molecular formula is C13H26N2O. The van der Waals surface area contributed by atoms with Crippen molar-refractivity contribution >= 4 is 0 Å². The van der Waals surface area contributed by atoms with E-state index in [9.17, 15) is 0 Å². The fourth-order valence-corrected chi connectivity index (χ4v) is 2.99. The minimum atomic E-state index is 0.235. The molecule has 0 radical (unpaired) electrons. The monoisotopic (exact) mass is 226 g/mol. The van der Waals surface area contributed by atoms with Crippen molar-refractivity contribution in [1.29, 1.82) is 0 Å². The Hall–Kier alpha value is -0.120. The molecule has 0 aromatic carbocycles. The highest BCUT2D eigenvalue weighted by atomic mass is 16.5. The molecular weight excluding hydrogens is 200 g/mol. The molecule has 1 aliphatic carbocycles. The lowest BCUT2D eigenvalue weighted by Gasteiger charge is -2.46. The van der Waals surface area contributed by atoms with Crippen LogP contribution < -0.4 is 5.73 Å². The first-order chi connectivity index (χ1) is 7.62. The molecule has 1 aliphatic heterocycles. The van der Waals surface area contributed by atoms with Crippen LogP contribution in [-0.2, 0) is 4.74 Å². The van der Waals surface area contributed by atoms with E-state index in [0.717, 1.165) is 26.2 Å². The SMILES string of the molecule is CC(C)(CN)CN1CCOC2CCCCC21. The van der Waals surface area contributed by atoms with Crippen LogP contribution in [0, 0.1) is 5.41 Å². The molecule has 0 spiro atoms. The van der Waals surface area contributed by atoms with Gasteiger partial charge in [0.05, 0.1) is 12.7 Å². The fraction of sp³-hybridized carbons (Fsp3) is 1.00. The summed E-state index contributed by atoms with van der Waals surface area (Å²) in [5.41, 5.74) is 6.07. The summed E-state index contributed by atoms with van der Waals surface area (Å²) in [7, 11) is 0. The van der Waals surface area contributed by atoms with Gasteiger partial charge in [-0.05, 0) is 24.8 Å². The normalized spacial score (nSPS) is 32.4. The molecule has 0 bridgehead atoms. The second-order valence-electron chi connectivity index (χ2n) is 6.10. The molecule has 0 aromatic rings. The van der Waals surface area contributed by atoms with E-state index >= 15 is 0 Å². The van der Waals surface area contributed by atoms with Crippen LogP contribution in [0.3, 0.4) is 0 Å². The van der Waals surface area contributed by atoms with E-state index in [1.54, 1.807) is 0 Å². The zero-order valence-corrected chi connectivity index (χ0v) is 10.7. The zero-order chi connectivity index (χ0) is 11.6. The van der Waals surface area contributed by atoms with Crippen molar-refractivity contribution in [3.05, 3.63) is 0 Å². The van der Waals surface area contributed by atoms with Gasteiger partial charge in [-0.15, -0.1) is 0 Å². The number of nitrogens with zero attached hydrogens (tertiary/aromatic N) is 1. The third-order valence-electron chi connectivity index (χ3n) is 4.03. The lowest BCUT2D eigenvalue weighted by molar-refractivity contribution is -0.0961. The molecule has 2 atom stereocenters. The van der Waals surface area contributed by atoms with Gasteiger partial charge >= 0.3 is 0 Å². The van der Waals surface area contributed by atoms with Crippen molar-refractivity contribution in [3.63, 3.8) is 0 Å². The topological polar surface area (TPSA) is 38.5 Å². The van der Waals surface area contributed by atoms with Gasteiger partial charge in [-0.2, -0.15) is 0 Å². The Balaban J connectivity index is 1.97. The van der Waals surface area contributed by atoms with E-state index in [-0.39, 0.29) is 5.41 Å². The summed E-state index contributed by atoms with van der Waals surface area (Å²) in [4.78, 5) is 2.63. The van der Waals surface area contributed by atoms with Gasteiger partial charge in [0.15, 0.2) is 0 Å². The van der Waals surface area contributed by atoms with Crippen LogP contribution >= 0.6 is 0 Å². The summed E-state index contributed by atoms with van der Waals surface area (Å²) in [6.07, 6.45) is 5.77. The van der Waals surface area contributed by atoms with Gasteiger partial charge in [0.2, 0.25) is 0 Å². The summed E-state index contributed by atoms with van der Waals surface area (Å²) in [6.45, 7) is 8.41. The largest absolute Gasteiger partial charge is 0.375 e. The average molecular weight is 226 g/mol. The molecule has 1 saturated carbocycles. The second-order valence-corrected chi connectivity index (χ2v) is 6.10. The van der Waals surface area contributed by atoms with Crippen LogP contribution in [0.4, 0.5) is 0 Å². The fourth-order valence-electron chi connectivity index (χ4n) is 2.99. The summed E-state index contributed by atoms with van der Waals surface area (Å²) >= 11 is 0. The second kappa shape index (κ2) is 5.03. The number of hydrogen-bond acceptors (Lipinski definition) is 3. The molecule has 0 aromatic heterocycles. The summed E-state index contributed by atoms with van der Waals surface area (Å²) in [6, 6.07) is 0.660. The maximum Gasteiger partial charge on any atom is 0.0730 e. The molecule has 2 aliphatic rings. The van der Waals surface area contributed by atoms with Crippen molar-refractivity contribution < 1.29 is 4.74 Å². The highest BCUT2D eigenvalue weighted by molar-refractivity contribution is 4.89. The van der Waals surface area contributed by atoms with Crippen molar-refractivity contribution in [2.45, 2.75) is 51.7 Å². The number of rotatable bonds is 3. The quantitative estimate of drug-likeness (QED) is 0.794. The molecule has 1 heterocycles. The third kappa shape index (κ3) is 2.76. The number of fused-ring (bicyclic) bond motifs is 1. The molecule has 0 amide bonds. The van der Waals surface area contributed by atoms with Crippen LogP contribution in [0.1, 0.15) is 39.5 Å². The van der Waals surface area contributed by atoms with E-state index in [2.05, 4.69) is 18.7 Å². The first-order valence-corrected chi connectivity index (χ1v) is 6.68. The first-order valence-electron chi connectivity index (χ1n) is 6.68. The molecule has 3 nitrogen and oxygen atoms in total. The van der Waals surface area contributed by atoms with Gasteiger partial charge in [0.1, 0.15) is 0 Å². The Morgan fingerprint density at radius 2 is 2.06 bits per heavy atom. The smallest absolute Gasteiger partial charge is 0.0730 e. The number of morpholine rings is 1. The average Bonchev–Trinajstić information content (AvgIpc) is 2.29. The van der Waals surface area contributed by atoms with Gasteiger partial charge in [-0.1, -0.05) is 26.7 Å². The molecule has 2 N–H and O–H groups in total. The lowest BCUT2D eigenvalue weighted by Crippen LogP contribution is -2.55. The Bertz CT molecular complexity index is 228. The lowest BCUT2D eigenvalue weighted by atomic mass is 9.87. The van der Waals surface area contributed by atoms with E-state index in [0.29, 0.717) is 12.1 Å². The van der Waals surface area contributed by atoms with E-state index in [1.165, 1.54) is 25.7 Å². The van der Waals surface area contributed by atoms with Crippen LogP contribution in [0.5, 0.6) is 0 Å². The summed E-state index contributed by atoms with van der Waals surface area (Å²) < 4.78 is 5.89. The minimum absolute atomic E-state index is 0.235. The van der Waals surface area contributed by atoms with E-state index in [1.807, 2.05) is 0 Å². The first kappa shape index (κ1) is 12.3. The van der Waals surface area contributed by atoms with Crippen LogP contribution in [0.25, 0.3) is 0 Å². The number of ether oxygens (including phenoxy) is 1. The molecule has 1 saturated heterocycles. The van der Waals surface area contributed by atoms with Crippen molar-refractivity contribution in [3.8, 4) is 0 Å². The maximum atomic E-state index is 5.89. The standard InChI is InChI=1S/C13H26N2O/c1-13(2,9-14)10-15-7-8-16-12-6-4-3-5-11(12)15/h11-12H,3-10,14H2,1-2H3. The highest BCUT2D eigenvalue weighted by Gasteiger charge is 2.36. The van der Waals surface area contributed by atoms with Gasteiger partial charge < -0.3 is 10.5 Å². The highest BCUT2D eigenvalue weighted by Crippen LogP contribution is 2.30. The molecule has 16 heavy (non-hydrogen) atoms. The maximum absolute atomic E-state index is 5.89. The predicted octanol–water partition coefficient (Wildman–Crippen LogP) is 1.61. The van der Waals surface area contributed by atoms with Crippen LogP contribution in [0.2, 0.25) is 0 Å². The molecule has 94 valence electrons. The van der Waals surface area contributed by atoms with Crippen LogP contribution in [-0.4, -0.2) is 43.3 Å². The minimum Gasteiger partial charge on any atom is -0.375 e. The van der Waals surface area contributed by atoms with Crippen LogP contribution in [0.15, 0.2) is 0 Å². The van der Waals surface area contributed by atoms with Gasteiger partial charge in [-0.3, -0.25) is 4.90 Å². The molecule has 3 heteroatoms. The zero-order valence-electron chi connectivity index (χ0n) is 10.7. The number of hydrogen-bond donors (Lipinski definition) is 1. The Labute approximate surface area is 99.3 Å². The van der Waals surface area contributed by atoms with Crippen molar-refractivity contribution in [2.24, 2.45) is 11.1 Å². The van der Waals surface area contributed by atoms with Crippen molar-refractivity contribution in [2.75, 3.05) is 26.2 Å². The van der Waals surface area contributed by atoms with E-state index < -0.39 is 0 Å². The summed E-state index contributed by atoms with van der Waals surface area (Å²) in [5, 5.41) is 0. The Kier molecular flexibility index (Phi) is 3.88. The molecule has 2 unspecified atom stereocenters. The van der Waals surface area contributed by atoms with Gasteiger partial charge in [0, 0.05) is 19.1 Å². The Morgan fingerprint density at radius 1 is 1.31 bits per heavy atom.